The Bertz CT molecular complexity index is 760. The van der Waals surface area contributed by atoms with E-state index in [1.165, 1.54) is 36.4 Å². The van der Waals surface area contributed by atoms with Crippen molar-refractivity contribution < 1.29 is 13.2 Å². The fraction of sp³-hybridized carbons (Fsp3) is 0.150. The van der Waals surface area contributed by atoms with E-state index in [1.807, 2.05) is 30.3 Å². The second-order valence-electron chi connectivity index (χ2n) is 5.75. The number of halogens is 3. The Balaban J connectivity index is 2.12. The molecule has 122 valence electrons. The van der Waals surface area contributed by atoms with Crippen LogP contribution in [0.15, 0.2) is 90.0 Å². The van der Waals surface area contributed by atoms with Crippen LogP contribution in [-0.2, 0) is 11.0 Å². The van der Waals surface area contributed by atoms with Crippen molar-refractivity contribution in [2.45, 2.75) is 17.1 Å². The normalized spacial score (nSPS) is 26.3. The first-order valence-electron chi connectivity index (χ1n) is 7.50. The lowest BCUT2D eigenvalue weighted by Gasteiger charge is -2.36. The first-order valence-corrected chi connectivity index (χ1v) is 7.50. The number of rotatable bonds is 3. The van der Waals surface area contributed by atoms with Crippen LogP contribution < -0.4 is 0 Å². The molecule has 1 nitrogen and oxygen atoms in total. The van der Waals surface area contributed by atoms with Crippen LogP contribution in [0.3, 0.4) is 0 Å². The van der Waals surface area contributed by atoms with E-state index in [1.54, 1.807) is 18.2 Å². The van der Waals surface area contributed by atoms with E-state index in [0.29, 0.717) is 0 Å². The van der Waals surface area contributed by atoms with Gasteiger partial charge in [0.05, 0.1) is 0 Å². The topological polar surface area (TPSA) is 12.4 Å². The van der Waals surface area contributed by atoms with Crippen molar-refractivity contribution in [2.75, 3.05) is 0 Å². The maximum Gasteiger partial charge on any atom is 0.405 e. The summed E-state index contributed by atoms with van der Waals surface area (Å²) in [5, 5.41) is 0. The minimum Gasteiger partial charge on any atom is -0.281 e. The van der Waals surface area contributed by atoms with Crippen molar-refractivity contribution >= 4 is 6.72 Å². The van der Waals surface area contributed by atoms with Gasteiger partial charge in [0, 0.05) is 0 Å². The average molecular weight is 327 g/mol. The molecule has 0 unspecified atom stereocenters. The number of allylic oxidation sites excluding steroid dienone is 2. The molecule has 0 N–H and O–H groups in total. The van der Waals surface area contributed by atoms with Crippen LogP contribution in [0.2, 0.25) is 0 Å². The van der Waals surface area contributed by atoms with Crippen LogP contribution in [0.1, 0.15) is 11.1 Å². The zero-order chi connectivity index (χ0) is 17.3. The van der Waals surface area contributed by atoms with Gasteiger partial charge in [-0.05, 0) is 17.8 Å². The van der Waals surface area contributed by atoms with Gasteiger partial charge in [0.1, 0.15) is 11.0 Å². The average Bonchev–Trinajstić information content (AvgIpc) is 2.62. The van der Waals surface area contributed by atoms with Crippen LogP contribution in [0.5, 0.6) is 0 Å². The summed E-state index contributed by atoms with van der Waals surface area (Å²) in [5.74, 6) is 0. The zero-order valence-electron chi connectivity index (χ0n) is 12.9. The molecule has 4 heteroatoms. The quantitative estimate of drug-likeness (QED) is 0.542. The monoisotopic (exact) mass is 327 g/mol. The molecule has 1 aliphatic carbocycles. The van der Waals surface area contributed by atoms with Crippen molar-refractivity contribution in [3.63, 3.8) is 0 Å². The summed E-state index contributed by atoms with van der Waals surface area (Å²) >= 11 is 0. The van der Waals surface area contributed by atoms with Gasteiger partial charge in [0.2, 0.25) is 0 Å². The van der Waals surface area contributed by atoms with Crippen molar-refractivity contribution in [1.82, 2.24) is 0 Å². The largest absolute Gasteiger partial charge is 0.405 e. The van der Waals surface area contributed by atoms with E-state index in [-0.39, 0.29) is 5.56 Å². The highest BCUT2D eigenvalue weighted by molar-refractivity contribution is 5.50. The first-order chi connectivity index (χ1) is 11.4. The molecule has 0 fully saturated rings. The summed E-state index contributed by atoms with van der Waals surface area (Å²) in [6.45, 7) is 3.58. The molecular formula is C20H16F3N. The second kappa shape index (κ2) is 5.78. The SMILES string of the molecule is C=NC1(c2ccccc2)C=CC(c2ccccc2)(C(F)(F)F)C=C1. The van der Waals surface area contributed by atoms with Gasteiger partial charge in [-0.1, -0.05) is 85.0 Å². The van der Waals surface area contributed by atoms with E-state index in [4.69, 9.17) is 0 Å². The standard InChI is InChI=1S/C20H16F3N/c1-24-19(17-10-6-3-7-11-17)14-12-18(13-15-19,20(21,22)23)16-8-4-2-5-9-16/h2-15H,1H2. The molecule has 2 aromatic rings. The minimum absolute atomic E-state index is 0.177. The molecule has 3 rings (SSSR count). The Morgan fingerprint density at radius 3 is 1.58 bits per heavy atom. The fourth-order valence-corrected chi connectivity index (χ4v) is 2.98. The Morgan fingerprint density at radius 1 is 0.708 bits per heavy atom. The Morgan fingerprint density at radius 2 is 1.17 bits per heavy atom. The first kappa shape index (κ1) is 16.2. The fourth-order valence-electron chi connectivity index (χ4n) is 2.98. The van der Waals surface area contributed by atoms with Gasteiger partial charge in [-0.3, -0.25) is 4.99 Å². The maximum atomic E-state index is 13.9. The van der Waals surface area contributed by atoms with Gasteiger partial charge in [-0.15, -0.1) is 0 Å². The second-order valence-corrected chi connectivity index (χ2v) is 5.75. The van der Waals surface area contributed by atoms with Gasteiger partial charge in [-0.25, -0.2) is 0 Å². The van der Waals surface area contributed by atoms with E-state index in [2.05, 4.69) is 11.7 Å². The maximum absolute atomic E-state index is 13.9. The summed E-state index contributed by atoms with van der Waals surface area (Å²) < 4.78 is 41.7. The zero-order valence-corrected chi connectivity index (χ0v) is 12.9. The van der Waals surface area contributed by atoms with E-state index in [9.17, 15) is 13.2 Å². The van der Waals surface area contributed by atoms with Crippen LogP contribution in [0.25, 0.3) is 0 Å². The lowest BCUT2D eigenvalue weighted by atomic mass is 9.72. The van der Waals surface area contributed by atoms with Crippen molar-refractivity contribution in [1.29, 1.82) is 0 Å². The molecule has 0 aromatic heterocycles. The molecule has 0 saturated heterocycles. The molecule has 0 radical (unpaired) electrons. The number of benzene rings is 2. The summed E-state index contributed by atoms with van der Waals surface area (Å²) in [6.07, 6.45) is 0.880. The van der Waals surface area contributed by atoms with Gasteiger partial charge in [0.25, 0.3) is 0 Å². The number of nitrogens with zero attached hydrogens (tertiary/aromatic N) is 1. The summed E-state index contributed by atoms with van der Waals surface area (Å²) in [6, 6.07) is 17.0. The molecule has 0 saturated carbocycles. The van der Waals surface area contributed by atoms with E-state index >= 15 is 0 Å². The van der Waals surface area contributed by atoms with Crippen molar-refractivity contribution in [3.05, 3.63) is 96.1 Å². The Hall–Kier alpha value is -2.62. The van der Waals surface area contributed by atoms with Crippen LogP contribution in [0, 0.1) is 0 Å². The van der Waals surface area contributed by atoms with Gasteiger partial charge >= 0.3 is 6.18 Å². The summed E-state index contributed by atoms with van der Waals surface area (Å²) in [4.78, 5) is 4.10. The lowest BCUT2D eigenvalue weighted by molar-refractivity contribution is -0.163. The van der Waals surface area contributed by atoms with E-state index < -0.39 is 17.1 Å². The highest BCUT2D eigenvalue weighted by atomic mass is 19.4. The summed E-state index contributed by atoms with van der Waals surface area (Å²) in [5.41, 5.74) is -2.19. The van der Waals surface area contributed by atoms with Crippen LogP contribution in [-0.4, -0.2) is 12.9 Å². The van der Waals surface area contributed by atoms with Crippen LogP contribution >= 0.6 is 0 Å². The summed E-state index contributed by atoms with van der Waals surface area (Å²) in [7, 11) is 0. The minimum atomic E-state index is -4.45. The molecule has 0 bridgehead atoms. The third-order valence-electron chi connectivity index (χ3n) is 4.42. The molecule has 0 amide bonds. The van der Waals surface area contributed by atoms with Crippen LogP contribution in [0.4, 0.5) is 13.2 Å². The molecule has 0 spiro atoms. The van der Waals surface area contributed by atoms with Gasteiger partial charge < -0.3 is 0 Å². The molecule has 0 aliphatic heterocycles. The third-order valence-corrected chi connectivity index (χ3v) is 4.42. The van der Waals surface area contributed by atoms with Gasteiger partial charge in [-0.2, -0.15) is 13.2 Å². The number of alkyl halides is 3. The molecule has 0 atom stereocenters. The highest BCUT2D eigenvalue weighted by Crippen LogP contribution is 2.48. The number of hydrogen-bond acceptors (Lipinski definition) is 1. The molecule has 1 aliphatic rings. The van der Waals surface area contributed by atoms with Crippen molar-refractivity contribution in [2.24, 2.45) is 4.99 Å². The molecular weight excluding hydrogens is 311 g/mol. The lowest BCUT2D eigenvalue weighted by Crippen LogP contribution is -2.41. The number of hydrogen-bond donors (Lipinski definition) is 0. The number of aliphatic imine (C=N–C) groups is 1. The highest BCUT2D eigenvalue weighted by Gasteiger charge is 2.54. The predicted octanol–water partition coefficient (Wildman–Crippen LogP) is 5.21. The van der Waals surface area contributed by atoms with Gasteiger partial charge in [0.15, 0.2) is 0 Å². The molecule has 24 heavy (non-hydrogen) atoms. The Kier molecular flexibility index (Phi) is 3.91. The van der Waals surface area contributed by atoms with E-state index in [0.717, 1.165) is 5.56 Å². The smallest absolute Gasteiger partial charge is 0.281 e. The third kappa shape index (κ3) is 2.48. The Labute approximate surface area is 138 Å². The van der Waals surface area contributed by atoms with Crippen molar-refractivity contribution in [3.8, 4) is 0 Å². The predicted molar refractivity (Wildman–Crippen MR) is 90.1 cm³/mol. The molecule has 0 heterocycles. The molecule has 2 aromatic carbocycles.